The van der Waals surface area contributed by atoms with Gasteiger partial charge in [-0.15, -0.1) is 0 Å². The summed E-state index contributed by atoms with van der Waals surface area (Å²) in [5.41, 5.74) is 5.58. The van der Waals surface area contributed by atoms with Gasteiger partial charge in [-0.1, -0.05) is 59.1 Å². The van der Waals surface area contributed by atoms with Gasteiger partial charge >= 0.3 is 6.18 Å². The van der Waals surface area contributed by atoms with Gasteiger partial charge in [0.2, 0.25) is 11.8 Å². The Morgan fingerprint density at radius 2 is 1.61 bits per heavy atom. The highest BCUT2D eigenvalue weighted by molar-refractivity contribution is 6.34. The van der Waals surface area contributed by atoms with Gasteiger partial charge in [0.05, 0.1) is 5.92 Å². The van der Waals surface area contributed by atoms with E-state index in [1.807, 2.05) is 0 Å². The minimum absolute atomic E-state index is 0.0513. The third-order valence-corrected chi connectivity index (χ3v) is 4.47. The van der Waals surface area contributed by atoms with Crippen molar-refractivity contribution < 1.29 is 22.8 Å². The molecule has 1 unspecified atom stereocenters. The van der Waals surface area contributed by atoms with E-state index in [0.717, 1.165) is 6.08 Å². The van der Waals surface area contributed by atoms with Crippen LogP contribution in [0.2, 0.25) is 15.1 Å². The molecule has 0 bridgehead atoms. The lowest BCUT2D eigenvalue weighted by molar-refractivity contribution is -0.139. The van der Waals surface area contributed by atoms with Crippen molar-refractivity contribution in [2.75, 3.05) is 0 Å². The summed E-state index contributed by atoms with van der Waals surface area (Å²) < 4.78 is 40.5. The van der Waals surface area contributed by atoms with Crippen LogP contribution in [0.25, 0.3) is 6.08 Å². The zero-order chi connectivity index (χ0) is 23.8. The first-order valence-electron chi connectivity index (χ1n) is 8.79. The molecule has 10 heteroatoms. The third kappa shape index (κ3) is 10.1. The highest BCUT2D eigenvalue weighted by atomic mass is 35.5. The number of rotatable bonds is 5. The first kappa shape index (κ1) is 26.8. The molecule has 0 aromatic heterocycles. The number of halogens is 6. The molecule has 168 valence electrons. The Hall–Kier alpha value is -2.22. The van der Waals surface area contributed by atoms with Crippen LogP contribution in [0.1, 0.15) is 36.5 Å². The van der Waals surface area contributed by atoms with Crippen LogP contribution in [-0.2, 0) is 16.1 Å². The molecule has 0 saturated heterocycles. The van der Waals surface area contributed by atoms with Crippen LogP contribution in [0, 0.1) is 0 Å². The van der Waals surface area contributed by atoms with E-state index in [4.69, 9.17) is 34.8 Å². The summed E-state index contributed by atoms with van der Waals surface area (Å²) in [4.78, 5) is 20.2. The lowest BCUT2D eigenvalue weighted by Gasteiger charge is -2.18. The number of hydrogen-bond acceptors (Lipinski definition) is 2. The van der Waals surface area contributed by atoms with Crippen LogP contribution in [0.3, 0.4) is 0 Å². The molecule has 0 radical (unpaired) electrons. The smallest absolute Gasteiger partial charge is 0.370 e. The highest BCUT2D eigenvalue weighted by Gasteiger charge is 2.39. The number of allylic oxidation sites excluding steroid dienone is 1. The molecule has 0 spiro atoms. The zero-order valence-corrected chi connectivity index (χ0v) is 18.8. The lowest BCUT2D eigenvalue weighted by atomic mass is 9.97. The molecule has 2 amide bonds. The van der Waals surface area contributed by atoms with Gasteiger partial charge in [-0.25, -0.2) is 0 Å². The number of benzene rings is 2. The number of primary amides is 1. The summed E-state index contributed by atoms with van der Waals surface area (Å²) in [7, 11) is 0. The first-order valence-corrected chi connectivity index (χ1v) is 9.92. The molecule has 2 aromatic rings. The molecular formula is C21H20Cl3F3N2O2. The van der Waals surface area contributed by atoms with E-state index < -0.39 is 12.1 Å². The van der Waals surface area contributed by atoms with Crippen molar-refractivity contribution in [3.63, 3.8) is 0 Å². The van der Waals surface area contributed by atoms with Crippen LogP contribution in [-0.4, -0.2) is 18.0 Å². The van der Waals surface area contributed by atoms with Crippen molar-refractivity contribution in [1.82, 2.24) is 5.32 Å². The molecular weight excluding hydrogens is 476 g/mol. The summed E-state index contributed by atoms with van der Waals surface area (Å²) >= 11 is 17.8. The Morgan fingerprint density at radius 1 is 1.06 bits per heavy atom. The Balaban J connectivity index is 0.00000110. The summed E-state index contributed by atoms with van der Waals surface area (Å²) in [6.07, 6.45) is -2.15. The van der Waals surface area contributed by atoms with Crippen molar-refractivity contribution in [3.05, 3.63) is 74.2 Å². The second-order valence-electron chi connectivity index (χ2n) is 6.45. The minimum atomic E-state index is -4.51. The van der Waals surface area contributed by atoms with Crippen molar-refractivity contribution in [2.24, 2.45) is 5.73 Å². The van der Waals surface area contributed by atoms with Gasteiger partial charge in [-0.2, -0.15) is 13.2 Å². The Bertz CT molecular complexity index is 939. The average molecular weight is 496 g/mol. The molecule has 4 nitrogen and oxygen atoms in total. The highest BCUT2D eigenvalue weighted by Crippen LogP contribution is 2.38. The van der Waals surface area contributed by atoms with Gasteiger partial charge < -0.3 is 11.1 Å². The van der Waals surface area contributed by atoms with Gasteiger partial charge in [0.15, 0.2) is 0 Å². The van der Waals surface area contributed by atoms with Crippen molar-refractivity contribution in [3.8, 4) is 0 Å². The number of carbonyl (C=O) groups excluding carboxylic acids is 2. The average Bonchev–Trinajstić information content (AvgIpc) is 2.58. The summed E-state index contributed by atoms with van der Waals surface area (Å²) in [5, 5.41) is 3.22. The van der Waals surface area contributed by atoms with Gasteiger partial charge in [0.1, 0.15) is 0 Å². The SMILES string of the molecule is CC(=O)NCc1ccc(/C=C/C(c2cc(Cl)cc(Cl)c2)C(F)(F)F)cc1Cl.CC(N)=O. The maximum Gasteiger partial charge on any atom is 0.399 e. The van der Waals surface area contributed by atoms with Crippen LogP contribution in [0.4, 0.5) is 13.2 Å². The predicted octanol–water partition coefficient (Wildman–Crippen LogP) is 6.13. The molecule has 2 aromatic carbocycles. The number of nitrogens with one attached hydrogen (secondary N) is 1. The summed E-state index contributed by atoms with van der Waals surface area (Å²) in [5.74, 6) is -2.41. The van der Waals surface area contributed by atoms with Crippen LogP contribution < -0.4 is 11.1 Å². The molecule has 0 aliphatic heterocycles. The van der Waals surface area contributed by atoms with Gasteiger partial charge in [-0.3, -0.25) is 9.59 Å². The molecule has 0 saturated carbocycles. The number of hydrogen-bond donors (Lipinski definition) is 2. The Labute approximate surface area is 193 Å². The fraction of sp³-hybridized carbons (Fsp3) is 0.238. The topological polar surface area (TPSA) is 72.2 Å². The molecule has 1 atom stereocenters. The number of nitrogens with two attached hydrogens (primary N) is 1. The minimum Gasteiger partial charge on any atom is -0.370 e. The van der Waals surface area contributed by atoms with Crippen LogP contribution >= 0.6 is 34.8 Å². The van der Waals surface area contributed by atoms with E-state index in [-0.39, 0.29) is 34.0 Å². The molecule has 0 aliphatic carbocycles. The van der Waals surface area contributed by atoms with E-state index in [2.05, 4.69) is 11.1 Å². The molecule has 3 N–H and O–H groups in total. The summed E-state index contributed by atoms with van der Waals surface area (Å²) in [6, 6.07) is 8.65. The van der Waals surface area contributed by atoms with E-state index in [1.54, 1.807) is 12.1 Å². The molecule has 2 rings (SSSR count). The number of alkyl halides is 3. The Morgan fingerprint density at radius 3 is 2.06 bits per heavy atom. The monoisotopic (exact) mass is 494 g/mol. The standard InChI is InChI=1S/C19H15Cl3F3NO.C2H5NO/c1-11(27)26-10-13-4-2-12(6-18(13)22)3-5-17(19(23,24)25)14-7-15(20)9-16(21)8-14;1-2(3)4/h2-9,17H,10H2,1H3,(H,26,27);1H3,(H2,3,4)/b5-3+;. The van der Waals surface area contributed by atoms with E-state index in [1.165, 1.54) is 44.2 Å². The normalized spacial score (nSPS) is 12.1. The molecule has 0 aliphatic rings. The second-order valence-corrected chi connectivity index (χ2v) is 7.73. The fourth-order valence-corrected chi connectivity index (χ4v) is 3.20. The van der Waals surface area contributed by atoms with Crippen molar-refractivity contribution in [2.45, 2.75) is 32.5 Å². The zero-order valence-electron chi connectivity index (χ0n) is 16.6. The molecule has 31 heavy (non-hydrogen) atoms. The van der Waals surface area contributed by atoms with Crippen LogP contribution in [0.5, 0.6) is 0 Å². The van der Waals surface area contributed by atoms with Crippen molar-refractivity contribution >= 4 is 52.7 Å². The van der Waals surface area contributed by atoms with Gasteiger partial charge in [0, 0.05) is 35.5 Å². The third-order valence-electron chi connectivity index (χ3n) is 3.68. The van der Waals surface area contributed by atoms with E-state index in [9.17, 15) is 22.8 Å². The Kier molecular flexibility index (Phi) is 10.4. The van der Waals surface area contributed by atoms with Gasteiger partial charge in [-0.05, 0) is 41.0 Å². The maximum atomic E-state index is 13.5. The summed E-state index contributed by atoms with van der Waals surface area (Å²) in [6.45, 7) is 2.93. The quantitative estimate of drug-likeness (QED) is 0.523. The van der Waals surface area contributed by atoms with Crippen LogP contribution in [0.15, 0.2) is 42.5 Å². The number of amides is 2. The predicted molar refractivity (Wildman–Crippen MR) is 118 cm³/mol. The second kappa shape index (κ2) is 12.0. The number of carbonyl (C=O) groups is 2. The van der Waals surface area contributed by atoms with E-state index >= 15 is 0 Å². The molecule has 0 heterocycles. The van der Waals surface area contributed by atoms with Gasteiger partial charge in [0.25, 0.3) is 0 Å². The largest absolute Gasteiger partial charge is 0.399 e. The lowest BCUT2D eigenvalue weighted by Crippen LogP contribution is -2.19. The van der Waals surface area contributed by atoms with Crippen molar-refractivity contribution in [1.29, 1.82) is 0 Å². The first-order chi connectivity index (χ1) is 14.3. The fourth-order valence-electron chi connectivity index (χ4n) is 2.40. The molecule has 0 fully saturated rings. The van der Waals surface area contributed by atoms with E-state index in [0.29, 0.717) is 16.1 Å². The maximum absolute atomic E-state index is 13.5.